The van der Waals surface area contributed by atoms with E-state index in [0.717, 1.165) is 17.8 Å². The van der Waals surface area contributed by atoms with Gasteiger partial charge in [-0.1, -0.05) is 52.4 Å². The molecule has 1 atom stereocenters. The molecule has 0 saturated heterocycles. The van der Waals surface area contributed by atoms with Gasteiger partial charge in [0.1, 0.15) is 0 Å². The molecule has 14 heavy (non-hydrogen) atoms. The van der Waals surface area contributed by atoms with Crippen LogP contribution in [0.4, 0.5) is 0 Å². The normalized spacial score (nSPS) is 27.6. The van der Waals surface area contributed by atoms with E-state index in [1.807, 2.05) is 5.92 Å². The van der Waals surface area contributed by atoms with Gasteiger partial charge in [0, 0.05) is 0 Å². The number of rotatable bonds is 3. The largest absolute Gasteiger partial charge is 0.0617 e. The molecule has 0 nitrogen and oxygen atoms in total. The minimum Gasteiger partial charge on any atom is -0.0617 e. The Morgan fingerprint density at radius 1 is 0.929 bits per heavy atom. The summed E-state index contributed by atoms with van der Waals surface area (Å²) >= 11 is 0. The van der Waals surface area contributed by atoms with Gasteiger partial charge in [-0.25, -0.2) is 0 Å². The lowest BCUT2D eigenvalue weighted by Crippen LogP contribution is -2.20. The molecule has 2 aliphatic rings. The molecule has 81 valence electrons. The predicted molar refractivity (Wildman–Crippen MR) is 62.0 cm³/mol. The standard InChI is InChI=1S/C14H25/c1-11(13-7-3-4-8-13)12(2)14-9-5-6-10-14/h11,13-14H,3-10H2,1-2H3. The van der Waals surface area contributed by atoms with Gasteiger partial charge in [-0.05, 0) is 36.5 Å². The fourth-order valence-corrected chi connectivity index (χ4v) is 3.58. The summed E-state index contributed by atoms with van der Waals surface area (Å²) in [6.45, 7) is 4.93. The third kappa shape index (κ3) is 2.15. The Labute approximate surface area is 89.5 Å². The maximum absolute atomic E-state index is 2.49. The summed E-state index contributed by atoms with van der Waals surface area (Å²) in [7, 11) is 0. The Hall–Kier alpha value is 0. The smallest absolute Gasteiger partial charge is 0.0210 e. The molecular formula is C14H25. The van der Waals surface area contributed by atoms with Gasteiger partial charge in [0.2, 0.25) is 0 Å². The summed E-state index contributed by atoms with van der Waals surface area (Å²) in [4.78, 5) is 0. The lowest BCUT2D eigenvalue weighted by Gasteiger charge is -2.29. The van der Waals surface area contributed by atoms with Gasteiger partial charge in [-0.3, -0.25) is 0 Å². The first-order valence-corrected chi connectivity index (χ1v) is 6.62. The Bertz CT molecular complexity index is 141. The molecular weight excluding hydrogens is 168 g/mol. The van der Waals surface area contributed by atoms with Crippen LogP contribution in [0.2, 0.25) is 0 Å². The fourth-order valence-electron chi connectivity index (χ4n) is 3.58. The lowest BCUT2D eigenvalue weighted by atomic mass is 9.76. The predicted octanol–water partition coefficient (Wildman–Crippen LogP) is 4.60. The SMILES string of the molecule is C[C](C1CCCC1)C(C)C1CCCC1. The van der Waals surface area contributed by atoms with E-state index in [1.54, 1.807) is 0 Å². The topological polar surface area (TPSA) is 0 Å². The van der Waals surface area contributed by atoms with Crippen LogP contribution in [-0.2, 0) is 0 Å². The maximum atomic E-state index is 2.49. The highest BCUT2D eigenvalue weighted by atomic mass is 14.4. The van der Waals surface area contributed by atoms with Crippen LogP contribution in [0.3, 0.4) is 0 Å². The maximum Gasteiger partial charge on any atom is -0.0210 e. The van der Waals surface area contributed by atoms with E-state index in [1.165, 1.54) is 51.4 Å². The summed E-state index contributed by atoms with van der Waals surface area (Å²) in [5.41, 5.74) is 0. The highest BCUT2D eigenvalue weighted by Gasteiger charge is 2.31. The van der Waals surface area contributed by atoms with E-state index in [-0.39, 0.29) is 0 Å². The van der Waals surface area contributed by atoms with E-state index in [9.17, 15) is 0 Å². The first-order valence-electron chi connectivity index (χ1n) is 6.62. The Morgan fingerprint density at radius 2 is 1.43 bits per heavy atom. The van der Waals surface area contributed by atoms with Crippen LogP contribution in [0, 0.1) is 23.7 Å². The summed E-state index contributed by atoms with van der Waals surface area (Å²) in [5, 5.41) is 0. The second-order valence-corrected chi connectivity index (χ2v) is 5.56. The first-order chi connectivity index (χ1) is 6.79. The Morgan fingerprint density at radius 3 is 2.00 bits per heavy atom. The zero-order valence-corrected chi connectivity index (χ0v) is 9.89. The third-order valence-electron chi connectivity index (χ3n) is 4.82. The third-order valence-corrected chi connectivity index (χ3v) is 4.82. The monoisotopic (exact) mass is 193 g/mol. The van der Waals surface area contributed by atoms with Crippen LogP contribution < -0.4 is 0 Å². The second kappa shape index (κ2) is 4.68. The van der Waals surface area contributed by atoms with Crippen molar-refractivity contribution in [3.05, 3.63) is 5.92 Å². The molecule has 0 spiro atoms. The molecule has 2 fully saturated rings. The molecule has 1 unspecified atom stereocenters. The average Bonchev–Trinajstić information content (AvgIpc) is 2.87. The van der Waals surface area contributed by atoms with Gasteiger partial charge in [0.25, 0.3) is 0 Å². The number of hydrogen-bond donors (Lipinski definition) is 0. The molecule has 2 rings (SSSR count). The van der Waals surface area contributed by atoms with Crippen molar-refractivity contribution in [3.8, 4) is 0 Å². The van der Waals surface area contributed by atoms with Crippen LogP contribution in [0.25, 0.3) is 0 Å². The van der Waals surface area contributed by atoms with E-state index < -0.39 is 0 Å². The molecule has 0 aromatic carbocycles. The van der Waals surface area contributed by atoms with E-state index in [4.69, 9.17) is 0 Å². The Kier molecular flexibility index (Phi) is 3.52. The van der Waals surface area contributed by atoms with E-state index in [0.29, 0.717) is 0 Å². The van der Waals surface area contributed by atoms with Crippen molar-refractivity contribution in [3.63, 3.8) is 0 Å². The van der Waals surface area contributed by atoms with Crippen molar-refractivity contribution in [1.82, 2.24) is 0 Å². The van der Waals surface area contributed by atoms with Gasteiger partial charge in [-0.15, -0.1) is 0 Å². The van der Waals surface area contributed by atoms with Gasteiger partial charge in [-0.2, -0.15) is 0 Å². The van der Waals surface area contributed by atoms with Crippen LogP contribution in [-0.4, -0.2) is 0 Å². The van der Waals surface area contributed by atoms with Crippen molar-refractivity contribution < 1.29 is 0 Å². The molecule has 1 radical (unpaired) electrons. The van der Waals surface area contributed by atoms with Crippen LogP contribution in [0.1, 0.15) is 65.2 Å². The van der Waals surface area contributed by atoms with Crippen LogP contribution in [0.5, 0.6) is 0 Å². The van der Waals surface area contributed by atoms with Gasteiger partial charge in [0.15, 0.2) is 0 Å². The van der Waals surface area contributed by atoms with Crippen molar-refractivity contribution in [2.75, 3.05) is 0 Å². The van der Waals surface area contributed by atoms with Crippen LogP contribution in [0.15, 0.2) is 0 Å². The molecule has 0 aliphatic heterocycles. The van der Waals surface area contributed by atoms with E-state index in [2.05, 4.69) is 13.8 Å². The van der Waals surface area contributed by atoms with Crippen molar-refractivity contribution in [2.45, 2.75) is 65.2 Å². The van der Waals surface area contributed by atoms with Crippen molar-refractivity contribution in [1.29, 1.82) is 0 Å². The van der Waals surface area contributed by atoms with Crippen molar-refractivity contribution >= 4 is 0 Å². The highest BCUT2D eigenvalue weighted by molar-refractivity contribution is 5.01. The molecule has 2 aliphatic carbocycles. The quantitative estimate of drug-likeness (QED) is 0.614. The number of hydrogen-bond acceptors (Lipinski definition) is 0. The summed E-state index contributed by atoms with van der Waals surface area (Å²) in [5.74, 6) is 4.79. The molecule has 0 heteroatoms. The summed E-state index contributed by atoms with van der Waals surface area (Å²) < 4.78 is 0. The second-order valence-electron chi connectivity index (χ2n) is 5.56. The molecule has 0 amide bonds. The minimum atomic E-state index is 0.917. The molecule has 0 heterocycles. The molecule has 2 saturated carbocycles. The first kappa shape index (κ1) is 10.5. The molecule has 0 N–H and O–H groups in total. The summed E-state index contributed by atoms with van der Waals surface area (Å²) in [6.07, 6.45) is 11.9. The van der Waals surface area contributed by atoms with Gasteiger partial charge < -0.3 is 0 Å². The fraction of sp³-hybridized carbons (Fsp3) is 0.929. The molecule has 0 bridgehead atoms. The lowest BCUT2D eigenvalue weighted by molar-refractivity contribution is 0.329. The van der Waals surface area contributed by atoms with Gasteiger partial charge >= 0.3 is 0 Å². The minimum absolute atomic E-state index is 0.917. The van der Waals surface area contributed by atoms with Gasteiger partial charge in [0.05, 0.1) is 0 Å². The zero-order chi connectivity index (χ0) is 9.97. The Balaban J connectivity index is 1.85. The zero-order valence-electron chi connectivity index (χ0n) is 9.89. The highest BCUT2D eigenvalue weighted by Crippen LogP contribution is 2.43. The van der Waals surface area contributed by atoms with Crippen molar-refractivity contribution in [2.24, 2.45) is 17.8 Å². The average molecular weight is 193 g/mol. The summed E-state index contributed by atoms with van der Waals surface area (Å²) in [6, 6.07) is 0. The van der Waals surface area contributed by atoms with E-state index >= 15 is 0 Å². The molecule has 0 aromatic rings. The van der Waals surface area contributed by atoms with Crippen LogP contribution >= 0.6 is 0 Å². The molecule has 0 aromatic heterocycles.